The molecule has 5 nitrogen and oxygen atoms in total. The maximum absolute atomic E-state index is 11.2. The summed E-state index contributed by atoms with van der Waals surface area (Å²) in [6.45, 7) is 0.124. The van der Waals surface area contributed by atoms with Crippen molar-refractivity contribution in [1.29, 1.82) is 0 Å². The third-order valence-electron chi connectivity index (χ3n) is 1.40. The van der Waals surface area contributed by atoms with Gasteiger partial charge in [0, 0.05) is 18.7 Å². The summed E-state index contributed by atoms with van der Waals surface area (Å²) in [4.78, 5) is 0. The lowest BCUT2D eigenvalue weighted by Crippen LogP contribution is -2.29. The summed E-state index contributed by atoms with van der Waals surface area (Å²) in [5.41, 5.74) is 0. The molecule has 0 rings (SSSR count). The molecule has 0 spiro atoms. The first-order valence-corrected chi connectivity index (χ1v) is 8.37. The van der Waals surface area contributed by atoms with Gasteiger partial charge in [-0.05, 0) is 0 Å². The minimum absolute atomic E-state index is 0.124. The Labute approximate surface area is 95.5 Å². The fourth-order valence-corrected chi connectivity index (χ4v) is 3.36. The minimum atomic E-state index is -3.52. The average molecular weight is 276 g/mol. The predicted octanol–water partition coefficient (Wildman–Crippen LogP) is -0.255. The molecule has 15 heavy (non-hydrogen) atoms. The van der Waals surface area contributed by atoms with Crippen LogP contribution in [0.4, 0.5) is 0 Å². The molecule has 0 aliphatic rings. The first-order chi connectivity index (χ1) is 6.77. The maximum Gasteiger partial charge on any atom is 0.212 e. The molecule has 0 atom stereocenters. The van der Waals surface area contributed by atoms with Crippen molar-refractivity contribution in [3.8, 4) is 0 Å². The van der Waals surface area contributed by atoms with Crippen molar-refractivity contribution in [2.24, 2.45) is 0 Å². The number of halogens is 1. The molecule has 0 aliphatic heterocycles. The van der Waals surface area contributed by atoms with E-state index in [4.69, 9.17) is 11.6 Å². The fraction of sp³-hybridized carbons (Fsp3) is 0.714. The van der Waals surface area contributed by atoms with E-state index in [0.29, 0.717) is 5.88 Å². The van der Waals surface area contributed by atoms with Crippen molar-refractivity contribution in [3.63, 3.8) is 0 Å². The van der Waals surface area contributed by atoms with Crippen molar-refractivity contribution in [2.75, 3.05) is 30.2 Å². The molecule has 0 amide bonds. The van der Waals surface area contributed by atoms with Crippen LogP contribution in [0, 0.1) is 0 Å². The van der Waals surface area contributed by atoms with Crippen molar-refractivity contribution in [2.45, 2.75) is 0 Å². The molecular formula is C7H14ClNO4S2. The molecule has 8 heteroatoms. The maximum atomic E-state index is 11.2. The Hall–Kier alpha value is -0.110. The van der Waals surface area contributed by atoms with Crippen LogP contribution >= 0.6 is 11.6 Å². The molecule has 1 N–H and O–H groups in total. The van der Waals surface area contributed by atoms with E-state index in [9.17, 15) is 16.8 Å². The number of hydrogen-bond donors (Lipinski definition) is 1. The van der Waals surface area contributed by atoms with Crippen LogP contribution in [0.5, 0.6) is 0 Å². The van der Waals surface area contributed by atoms with Gasteiger partial charge >= 0.3 is 0 Å². The van der Waals surface area contributed by atoms with Gasteiger partial charge < -0.3 is 0 Å². The SMILES string of the molecule is CS(=O)(=O)CCS(=O)(=O)NC/C=C/CCl. The highest BCUT2D eigenvalue weighted by atomic mass is 35.5. The quantitative estimate of drug-likeness (QED) is 0.513. The van der Waals surface area contributed by atoms with Gasteiger partial charge in [0.2, 0.25) is 10.0 Å². The molecule has 0 aliphatic carbocycles. The van der Waals surface area contributed by atoms with Crippen LogP contribution in [0.1, 0.15) is 0 Å². The topological polar surface area (TPSA) is 80.3 Å². The van der Waals surface area contributed by atoms with E-state index >= 15 is 0 Å². The lowest BCUT2D eigenvalue weighted by atomic mass is 10.5. The van der Waals surface area contributed by atoms with E-state index in [1.807, 2.05) is 0 Å². The fourth-order valence-electron chi connectivity index (χ4n) is 0.655. The van der Waals surface area contributed by atoms with Gasteiger partial charge in [0.15, 0.2) is 0 Å². The average Bonchev–Trinajstić information content (AvgIpc) is 2.09. The van der Waals surface area contributed by atoms with Gasteiger partial charge in [0.05, 0.1) is 11.5 Å². The molecule has 0 aromatic carbocycles. The number of sulfone groups is 1. The predicted molar refractivity (Wildman–Crippen MR) is 61.4 cm³/mol. The molecule has 0 unspecified atom stereocenters. The van der Waals surface area contributed by atoms with Crippen molar-refractivity contribution in [1.82, 2.24) is 4.72 Å². The van der Waals surface area contributed by atoms with Crippen LogP contribution < -0.4 is 4.72 Å². The molecule has 0 saturated heterocycles. The summed E-state index contributed by atoms with van der Waals surface area (Å²) in [7, 11) is -6.77. The van der Waals surface area contributed by atoms with Gasteiger partial charge in [-0.15, -0.1) is 11.6 Å². The monoisotopic (exact) mass is 275 g/mol. The molecule has 0 aromatic heterocycles. The number of allylic oxidation sites excluding steroid dienone is 1. The Morgan fingerprint density at radius 1 is 1.13 bits per heavy atom. The Bertz CT molecular complexity index is 399. The number of alkyl halides is 1. The number of rotatable bonds is 7. The highest BCUT2D eigenvalue weighted by molar-refractivity contribution is 7.93. The highest BCUT2D eigenvalue weighted by Gasteiger charge is 2.12. The molecule has 0 radical (unpaired) electrons. The zero-order chi connectivity index (χ0) is 11.9. The van der Waals surface area contributed by atoms with Crippen molar-refractivity contribution in [3.05, 3.63) is 12.2 Å². The molecule has 0 fully saturated rings. The summed E-state index contributed by atoms with van der Waals surface area (Å²) in [6, 6.07) is 0. The summed E-state index contributed by atoms with van der Waals surface area (Å²) < 4.78 is 46.1. The van der Waals surface area contributed by atoms with Gasteiger partial charge in [-0.25, -0.2) is 21.6 Å². The van der Waals surface area contributed by atoms with E-state index in [-0.39, 0.29) is 12.3 Å². The van der Waals surface area contributed by atoms with Crippen LogP contribution in [-0.2, 0) is 19.9 Å². The number of nitrogens with one attached hydrogen (secondary N) is 1. The molecule has 0 heterocycles. The molecular weight excluding hydrogens is 262 g/mol. The van der Waals surface area contributed by atoms with Crippen LogP contribution in [0.15, 0.2) is 12.2 Å². The van der Waals surface area contributed by atoms with Gasteiger partial charge in [-0.2, -0.15) is 0 Å². The lowest BCUT2D eigenvalue weighted by molar-refractivity contribution is 0.582. The first-order valence-electron chi connectivity index (χ1n) is 4.13. The molecule has 0 aromatic rings. The van der Waals surface area contributed by atoms with E-state index in [0.717, 1.165) is 6.26 Å². The zero-order valence-corrected chi connectivity index (χ0v) is 10.7. The Balaban J connectivity index is 4.04. The van der Waals surface area contributed by atoms with E-state index < -0.39 is 25.6 Å². The van der Waals surface area contributed by atoms with Crippen LogP contribution in [0.25, 0.3) is 0 Å². The minimum Gasteiger partial charge on any atom is -0.229 e. The Kier molecular flexibility index (Phi) is 6.42. The molecule has 90 valence electrons. The van der Waals surface area contributed by atoms with Gasteiger partial charge in [-0.1, -0.05) is 12.2 Å². The lowest BCUT2D eigenvalue weighted by Gasteiger charge is -2.02. The summed E-state index contributed by atoms with van der Waals surface area (Å²) >= 11 is 5.33. The summed E-state index contributed by atoms with van der Waals surface area (Å²) in [6.07, 6.45) is 4.15. The van der Waals surface area contributed by atoms with Crippen molar-refractivity contribution >= 4 is 31.5 Å². The van der Waals surface area contributed by atoms with E-state index in [1.165, 1.54) is 0 Å². The van der Waals surface area contributed by atoms with E-state index in [1.54, 1.807) is 12.2 Å². The summed E-state index contributed by atoms with van der Waals surface area (Å²) in [5, 5.41) is 0. The molecule has 0 bridgehead atoms. The van der Waals surface area contributed by atoms with E-state index in [2.05, 4.69) is 4.72 Å². The van der Waals surface area contributed by atoms with Crippen LogP contribution in [0.2, 0.25) is 0 Å². The smallest absolute Gasteiger partial charge is 0.212 e. The van der Waals surface area contributed by atoms with Gasteiger partial charge in [-0.3, -0.25) is 0 Å². The highest BCUT2D eigenvalue weighted by Crippen LogP contribution is 1.89. The van der Waals surface area contributed by atoms with Crippen molar-refractivity contribution < 1.29 is 16.8 Å². The molecule has 0 saturated carbocycles. The van der Waals surface area contributed by atoms with Gasteiger partial charge in [0.1, 0.15) is 9.84 Å². The Morgan fingerprint density at radius 3 is 2.20 bits per heavy atom. The normalized spacial score (nSPS) is 13.5. The second kappa shape index (κ2) is 6.47. The standard InChI is InChI=1S/C7H14ClNO4S2/c1-14(10,11)6-7-15(12,13)9-5-3-2-4-8/h2-3,9H,4-7H2,1H3/b3-2+. The van der Waals surface area contributed by atoms with Gasteiger partial charge in [0.25, 0.3) is 0 Å². The third kappa shape index (κ3) is 10.2. The van der Waals surface area contributed by atoms with Crippen LogP contribution in [0.3, 0.4) is 0 Å². The number of sulfonamides is 1. The number of hydrogen-bond acceptors (Lipinski definition) is 4. The summed E-state index contributed by atoms with van der Waals surface area (Å²) in [5.74, 6) is -0.479. The second-order valence-electron chi connectivity index (χ2n) is 2.92. The van der Waals surface area contributed by atoms with Crippen LogP contribution in [-0.4, -0.2) is 47.0 Å². The Morgan fingerprint density at radius 2 is 1.73 bits per heavy atom. The largest absolute Gasteiger partial charge is 0.229 e. The first kappa shape index (κ1) is 14.9. The third-order valence-corrected chi connectivity index (χ3v) is 4.13. The zero-order valence-electron chi connectivity index (χ0n) is 8.31. The second-order valence-corrected chi connectivity index (χ2v) is 7.42.